The lowest BCUT2D eigenvalue weighted by Gasteiger charge is -2.22. The molecule has 0 radical (unpaired) electrons. The van der Waals surface area contributed by atoms with Crippen molar-refractivity contribution in [3.8, 4) is 34.4 Å². The molecule has 4 heterocycles. The number of fused-ring (bicyclic) bond motifs is 3. The van der Waals surface area contributed by atoms with Crippen LogP contribution in [0.5, 0.6) is 0 Å². The highest BCUT2D eigenvalue weighted by Crippen LogP contribution is 2.34. The molecule has 6 heteroatoms. The van der Waals surface area contributed by atoms with Crippen molar-refractivity contribution >= 4 is 21.8 Å². The van der Waals surface area contributed by atoms with Gasteiger partial charge in [0.15, 0.2) is 17.5 Å². The molecule has 6 nitrogen and oxygen atoms in total. The fourth-order valence-electron chi connectivity index (χ4n) is 4.56. The molecule has 2 aromatic carbocycles. The van der Waals surface area contributed by atoms with Gasteiger partial charge in [0.2, 0.25) is 0 Å². The average molecular weight is 483 g/mol. The Bertz CT molecular complexity index is 1700. The van der Waals surface area contributed by atoms with Gasteiger partial charge in [-0.15, -0.1) is 0 Å². The van der Waals surface area contributed by atoms with Crippen LogP contribution in [-0.4, -0.2) is 29.9 Å². The molecule has 0 bridgehead atoms. The van der Waals surface area contributed by atoms with E-state index in [1.54, 1.807) is 6.20 Å². The highest BCUT2D eigenvalue weighted by molar-refractivity contribution is 6.04. The monoisotopic (exact) mass is 482 g/mol. The maximum atomic E-state index is 5.07. The summed E-state index contributed by atoms with van der Waals surface area (Å²) in [4.78, 5) is 28.8. The summed E-state index contributed by atoms with van der Waals surface area (Å²) >= 11 is 0. The number of hydrogen-bond acceptors (Lipinski definition) is 6. The van der Waals surface area contributed by atoms with Crippen LogP contribution in [0, 0.1) is 6.92 Å². The van der Waals surface area contributed by atoms with Crippen LogP contribution >= 0.6 is 0 Å². The SMILES string of the molecule is Cc1cc(C(C)(C)C)c2ccc3ccc(-c4nc(-c5ccccc5)nc(-c5ccccn5)n4)nc3c2n1. The number of rotatable bonds is 3. The molecule has 180 valence electrons. The molecule has 0 amide bonds. The van der Waals surface area contributed by atoms with Crippen LogP contribution in [0.3, 0.4) is 0 Å². The third-order valence-electron chi connectivity index (χ3n) is 6.37. The molecule has 0 saturated carbocycles. The average Bonchev–Trinajstić information content (AvgIpc) is 2.92. The Morgan fingerprint density at radius 2 is 1.30 bits per heavy atom. The van der Waals surface area contributed by atoms with Crippen LogP contribution in [0.25, 0.3) is 56.2 Å². The number of nitrogens with zero attached hydrogens (tertiary/aromatic N) is 6. The molecule has 0 unspecified atom stereocenters. The van der Waals surface area contributed by atoms with Gasteiger partial charge in [-0.2, -0.15) is 0 Å². The van der Waals surface area contributed by atoms with Crippen LogP contribution in [0.1, 0.15) is 32.0 Å². The maximum Gasteiger partial charge on any atom is 0.182 e. The number of hydrogen-bond donors (Lipinski definition) is 0. The van der Waals surface area contributed by atoms with Crippen molar-refractivity contribution < 1.29 is 0 Å². The number of pyridine rings is 3. The minimum absolute atomic E-state index is 0.0202. The molecular weight excluding hydrogens is 456 g/mol. The van der Waals surface area contributed by atoms with E-state index in [2.05, 4.69) is 50.0 Å². The summed E-state index contributed by atoms with van der Waals surface area (Å²) in [6.07, 6.45) is 1.74. The van der Waals surface area contributed by atoms with Crippen LogP contribution in [-0.2, 0) is 5.41 Å². The van der Waals surface area contributed by atoms with Gasteiger partial charge in [0.05, 0.1) is 11.0 Å². The van der Waals surface area contributed by atoms with Gasteiger partial charge in [-0.25, -0.2) is 19.9 Å². The number of benzene rings is 2. The van der Waals surface area contributed by atoms with Gasteiger partial charge in [0, 0.05) is 28.2 Å². The van der Waals surface area contributed by atoms with E-state index < -0.39 is 0 Å². The first-order chi connectivity index (χ1) is 17.9. The Morgan fingerprint density at radius 3 is 2.03 bits per heavy atom. The van der Waals surface area contributed by atoms with Crippen molar-refractivity contribution in [2.24, 2.45) is 0 Å². The lowest BCUT2D eigenvalue weighted by Crippen LogP contribution is -2.12. The first-order valence-corrected chi connectivity index (χ1v) is 12.3. The second-order valence-corrected chi connectivity index (χ2v) is 10.2. The van der Waals surface area contributed by atoms with Crippen LogP contribution in [0.15, 0.2) is 85.1 Å². The molecule has 0 aliphatic rings. The summed E-state index contributed by atoms with van der Waals surface area (Å²) in [5.41, 5.74) is 6.19. The molecule has 0 spiro atoms. The quantitative estimate of drug-likeness (QED) is 0.254. The standard InChI is InChI=1S/C31H26N6/c1-19-18-23(31(2,3)4)22-15-13-20-14-16-25(34-26(20)27(22)33-19)30-36-28(21-10-6-5-7-11-21)35-29(37-30)24-12-8-9-17-32-24/h5-18H,1-4H3. The Balaban J connectivity index is 1.60. The van der Waals surface area contributed by atoms with E-state index in [9.17, 15) is 0 Å². The van der Waals surface area contributed by atoms with Gasteiger partial charge in [0.1, 0.15) is 11.4 Å². The first-order valence-electron chi connectivity index (χ1n) is 12.3. The van der Waals surface area contributed by atoms with Crippen LogP contribution in [0.4, 0.5) is 0 Å². The Hall–Kier alpha value is -4.58. The zero-order valence-corrected chi connectivity index (χ0v) is 21.3. The number of aromatic nitrogens is 6. The van der Waals surface area contributed by atoms with Crippen molar-refractivity contribution in [1.82, 2.24) is 29.9 Å². The zero-order valence-electron chi connectivity index (χ0n) is 21.3. The third-order valence-corrected chi connectivity index (χ3v) is 6.37. The topological polar surface area (TPSA) is 77.3 Å². The second kappa shape index (κ2) is 8.82. The van der Waals surface area contributed by atoms with E-state index in [4.69, 9.17) is 24.9 Å². The summed E-state index contributed by atoms with van der Waals surface area (Å²) in [5, 5.41) is 2.14. The van der Waals surface area contributed by atoms with Gasteiger partial charge in [-0.3, -0.25) is 9.97 Å². The van der Waals surface area contributed by atoms with E-state index >= 15 is 0 Å². The van der Waals surface area contributed by atoms with Gasteiger partial charge in [-0.1, -0.05) is 75.4 Å². The Labute approximate surface area is 215 Å². The lowest BCUT2D eigenvalue weighted by atomic mass is 9.84. The maximum absolute atomic E-state index is 5.07. The van der Waals surface area contributed by atoms with Crippen LogP contribution < -0.4 is 0 Å². The molecule has 37 heavy (non-hydrogen) atoms. The van der Waals surface area contributed by atoms with Crippen molar-refractivity contribution in [3.63, 3.8) is 0 Å². The minimum Gasteiger partial charge on any atom is -0.253 e. The van der Waals surface area contributed by atoms with Crippen molar-refractivity contribution in [1.29, 1.82) is 0 Å². The molecule has 0 atom stereocenters. The van der Waals surface area contributed by atoms with Gasteiger partial charge in [-0.05, 0) is 42.2 Å². The highest BCUT2D eigenvalue weighted by atomic mass is 15.1. The Morgan fingerprint density at radius 1 is 0.595 bits per heavy atom. The van der Waals surface area contributed by atoms with Crippen LogP contribution in [0.2, 0.25) is 0 Å². The molecular formula is C31H26N6. The van der Waals surface area contributed by atoms with Crippen molar-refractivity contribution in [2.75, 3.05) is 0 Å². The van der Waals surface area contributed by atoms with E-state index in [0.29, 0.717) is 28.9 Å². The predicted octanol–water partition coefficient (Wildman–Crippen LogP) is 6.97. The molecule has 6 rings (SSSR count). The first kappa shape index (κ1) is 22.9. The number of aryl methyl sites for hydroxylation is 1. The van der Waals surface area contributed by atoms with E-state index in [0.717, 1.165) is 33.1 Å². The fourth-order valence-corrected chi connectivity index (χ4v) is 4.56. The van der Waals surface area contributed by atoms with E-state index in [1.807, 2.05) is 61.5 Å². The van der Waals surface area contributed by atoms with Crippen molar-refractivity contribution in [3.05, 3.63) is 96.3 Å². The summed E-state index contributed by atoms with van der Waals surface area (Å²) in [6.45, 7) is 8.72. The molecule has 0 fully saturated rings. The van der Waals surface area contributed by atoms with E-state index in [1.165, 1.54) is 5.56 Å². The molecule has 0 saturated heterocycles. The van der Waals surface area contributed by atoms with Crippen molar-refractivity contribution in [2.45, 2.75) is 33.1 Å². The van der Waals surface area contributed by atoms with Gasteiger partial charge in [0.25, 0.3) is 0 Å². The zero-order chi connectivity index (χ0) is 25.6. The summed E-state index contributed by atoms with van der Waals surface area (Å²) < 4.78 is 0. The second-order valence-electron chi connectivity index (χ2n) is 10.2. The van der Waals surface area contributed by atoms with E-state index in [-0.39, 0.29) is 5.41 Å². The largest absolute Gasteiger partial charge is 0.253 e. The molecule has 0 N–H and O–H groups in total. The van der Waals surface area contributed by atoms with Gasteiger partial charge >= 0.3 is 0 Å². The smallest absolute Gasteiger partial charge is 0.182 e. The summed E-state index contributed by atoms with van der Waals surface area (Å²) in [5.74, 6) is 1.58. The molecule has 4 aromatic heterocycles. The van der Waals surface area contributed by atoms with Gasteiger partial charge < -0.3 is 0 Å². The molecule has 6 aromatic rings. The molecule has 0 aliphatic carbocycles. The molecule has 0 aliphatic heterocycles. The summed E-state index contributed by atoms with van der Waals surface area (Å²) in [6, 6.07) is 26.1. The lowest BCUT2D eigenvalue weighted by molar-refractivity contribution is 0.594. The fraction of sp³-hybridized carbons (Fsp3) is 0.161. The third kappa shape index (κ3) is 4.31. The highest BCUT2D eigenvalue weighted by Gasteiger charge is 2.20. The normalized spacial score (nSPS) is 11.8. The Kier molecular flexibility index (Phi) is 5.45. The minimum atomic E-state index is -0.0202. The predicted molar refractivity (Wildman–Crippen MR) is 148 cm³/mol. The summed E-state index contributed by atoms with van der Waals surface area (Å²) in [7, 11) is 0.